The molecule has 1 aliphatic rings. The van der Waals surface area contributed by atoms with Crippen LogP contribution in [0.1, 0.15) is 22.9 Å². The third-order valence-electron chi connectivity index (χ3n) is 3.79. The molecule has 5 heteroatoms. The highest BCUT2D eigenvalue weighted by Gasteiger charge is 2.24. The summed E-state index contributed by atoms with van der Waals surface area (Å²) in [6.07, 6.45) is 1.21. The van der Waals surface area contributed by atoms with Crippen LogP contribution in [0.25, 0.3) is 0 Å². The second-order valence-electron chi connectivity index (χ2n) is 5.24. The molecule has 1 unspecified atom stereocenters. The summed E-state index contributed by atoms with van der Waals surface area (Å²) < 4.78 is 2.34. The molecule has 1 aromatic carbocycles. The van der Waals surface area contributed by atoms with E-state index >= 15 is 0 Å². The fourth-order valence-corrected chi connectivity index (χ4v) is 4.65. The average Bonchev–Trinajstić information content (AvgIpc) is 2.74. The molecule has 0 bridgehead atoms. The number of rotatable bonds is 3. The number of hydrogen-bond donors (Lipinski definition) is 1. The van der Waals surface area contributed by atoms with Gasteiger partial charge in [0.25, 0.3) is 0 Å². The fraction of sp³-hybridized carbons (Fsp3) is 0.375. The molecule has 0 aliphatic carbocycles. The van der Waals surface area contributed by atoms with Crippen LogP contribution in [0, 0.1) is 0 Å². The van der Waals surface area contributed by atoms with Crippen LogP contribution in [-0.4, -0.2) is 31.1 Å². The highest BCUT2D eigenvalue weighted by molar-refractivity contribution is 9.11. The maximum atomic E-state index is 3.60. The Hall–Kier alpha value is -0.200. The van der Waals surface area contributed by atoms with Crippen molar-refractivity contribution in [2.24, 2.45) is 0 Å². The van der Waals surface area contributed by atoms with Crippen molar-refractivity contribution in [3.8, 4) is 0 Å². The fourth-order valence-electron chi connectivity index (χ4n) is 2.80. The number of halogens is 2. The first kappa shape index (κ1) is 15.7. The van der Waals surface area contributed by atoms with Crippen molar-refractivity contribution < 1.29 is 0 Å². The van der Waals surface area contributed by atoms with E-state index < -0.39 is 0 Å². The van der Waals surface area contributed by atoms with Crippen molar-refractivity contribution in [1.29, 1.82) is 0 Å². The van der Waals surface area contributed by atoms with E-state index in [1.54, 1.807) is 0 Å². The summed E-state index contributed by atoms with van der Waals surface area (Å²) in [5, 5.41) is 3.49. The molecule has 1 saturated heterocycles. The van der Waals surface area contributed by atoms with Crippen molar-refractivity contribution in [2.45, 2.75) is 12.5 Å². The molecule has 112 valence electrons. The lowest BCUT2D eigenvalue weighted by molar-refractivity contribution is 0.244. The number of thiophene rings is 1. The summed E-state index contributed by atoms with van der Waals surface area (Å²) in [5.74, 6) is 0. The Morgan fingerprint density at radius 3 is 2.52 bits per heavy atom. The van der Waals surface area contributed by atoms with Gasteiger partial charge >= 0.3 is 0 Å². The van der Waals surface area contributed by atoms with Gasteiger partial charge in [-0.3, -0.25) is 4.90 Å². The van der Waals surface area contributed by atoms with Gasteiger partial charge in [0.15, 0.2) is 0 Å². The molecule has 2 aromatic rings. The Morgan fingerprint density at radius 1 is 1.00 bits per heavy atom. The van der Waals surface area contributed by atoms with Gasteiger partial charge in [0, 0.05) is 29.0 Å². The van der Waals surface area contributed by atoms with Gasteiger partial charge in [-0.2, -0.15) is 0 Å². The molecule has 1 atom stereocenters. The molecule has 0 amide bonds. The highest BCUT2D eigenvalue weighted by Crippen LogP contribution is 2.36. The average molecular weight is 430 g/mol. The van der Waals surface area contributed by atoms with Gasteiger partial charge in [-0.15, -0.1) is 11.3 Å². The Bertz CT molecular complexity index is 574. The predicted molar refractivity (Wildman–Crippen MR) is 97.1 cm³/mol. The third kappa shape index (κ3) is 3.96. The van der Waals surface area contributed by atoms with Crippen LogP contribution in [0.5, 0.6) is 0 Å². The Balaban J connectivity index is 1.95. The summed E-state index contributed by atoms with van der Waals surface area (Å²) >= 11 is 8.98. The summed E-state index contributed by atoms with van der Waals surface area (Å²) in [4.78, 5) is 4.01. The monoisotopic (exact) mass is 428 g/mol. The van der Waals surface area contributed by atoms with E-state index in [0.717, 1.165) is 30.7 Å². The summed E-state index contributed by atoms with van der Waals surface area (Å²) in [6.45, 7) is 4.43. The maximum absolute atomic E-state index is 3.60. The van der Waals surface area contributed by atoms with Crippen LogP contribution >= 0.6 is 43.2 Å². The predicted octanol–water partition coefficient (Wildman–Crippen LogP) is 4.66. The van der Waals surface area contributed by atoms with E-state index in [2.05, 4.69) is 78.5 Å². The second kappa shape index (κ2) is 7.38. The number of nitrogens with one attached hydrogen (secondary N) is 1. The van der Waals surface area contributed by atoms with Gasteiger partial charge < -0.3 is 5.32 Å². The summed E-state index contributed by atoms with van der Waals surface area (Å²) in [6, 6.07) is 13.5. The third-order valence-corrected chi connectivity index (χ3v) is 5.99. The minimum Gasteiger partial charge on any atom is -0.315 e. The lowest BCUT2D eigenvalue weighted by atomic mass is 10.0. The molecule has 0 radical (unpaired) electrons. The largest absolute Gasteiger partial charge is 0.315 e. The van der Waals surface area contributed by atoms with Crippen LogP contribution < -0.4 is 5.32 Å². The molecule has 2 nitrogen and oxygen atoms in total. The maximum Gasteiger partial charge on any atom is 0.0702 e. The van der Waals surface area contributed by atoms with E-state index in [0.29, 0.717) is 6.04 Å². The van der Waals surface area contributed by atoms with Gasteiger partial charge in [-0.05, 0) is 58.7 Å². The molecule has 3 rings (SSSR count). The first-order valence-electron chi connectivity index (χ1n) is 7.19. The summed E-state index contributed by atoms with van der Waals surface area (Å²) in [7, 11) is 0. The molecule has 1 N–H and O–H groups in total. The molecule has 0 spiro atoms. The van der Waals surface area contributed by atoms with Crippen LogP contribution in [0.15, 0.2) is 44.7 Å². The molecule has 2 heterocycles. The molecule has 1 aromatic heterocycles. The zero-order chi connectivity index (χ0) is 14.7. The van der Waals surface area contributed by atoms with E-state index in [1.165, 1.54) is 20.6 Å². The molecule has 21 heavy (non-hydrogen) atoms. The Labute approximate surface area is 146 Å². The molecule has 0 saturated carbocycles. The smallest absolute Gasteiger partial charge is 0.0702 e. The lowest BCUT2D eigenvalue weighted by Gasteiger charge is -2.30. The van der Waals surface area contributed by atoms with Crippen molar-refractivity contribution >= 4 is 43.2 Å². The topological polar surface area (TPSA) is 15.3 Å². The minimum atomic E-state index is 0.356. The minimum absolute atomic E-state index is 0.356. The van der Waals surface area contributed by atoms with Crippen LogP contribution in [-0.2, 0) is 0 Å². The molecule has 1 fully saturated rings. The van der Waals surface area contributed by atoms with Crippen molar-refractivity contribution in [3.05, 3.63) is 55.1 Å². The zero-order valence-electron chi connectivity index (χ0n) is 11.7. The summed E-state index contributed by atoms with van der Waals surface area (Å²) in [5.41, 5.74) is 1.37. The van der Waals surface area contributed by atoms with Crippen molar-refractivity contribution in [1.82, 2.24) is 10.2 Å². The highest BCUT2D eigenvalue weighted by atomic mass is 79.9. The van der Waals surface area contributed by atoms with E-state index in [1.807, 2.05) is 11.3 Å². The molecular formula is C16H18Br2N2S. The standard InChI is InChI=1S/C16H18Br2N2S/c17-13-4-2-12(3-5-13)16(14-6-7-15(18)21-14)20-10-1-8-19-9-11-20/h2-7,16,19H,1,8-11H2. The zero-order valence-corrected chi connectivity index (χ0v) is 15.7. The normalized spacial score (nSPS) is 18.4. The van der Waals surface area contributed by atoms with Crippen LogP contribution in [0.2, 0.25) is 0 Å². The molecule has 1 aliphatic heterocycles. The second-order valence-corrected chi connectivity index (χ2v) is 8.65. The number of hydrogen-bond acceptors (Lipinski definition) is 3. The van der Waals surface area contributed by atoms with Crippen LogP contribution in [0.4, 0.5) is 0 Å². The van der Waals surface area contributed by atoms with Crippen molar-refractivity contribution in [3.63, 3.8) is 0 Å². The van der Waals surface area contributed by atoms with Gasteiger partial charge in [-0.25, -0.2) is 0 Å². The van der Waals surface area contributed by atoms with E-state index in [-0.39, 0.29) is 0 Å². The SMILES string of the molecule is Brc1ccc(C(c2ccc(Br)s2)N2CCCNCC2)cc1. The lowest BCUT2D eigenvalue weighted by Crippen LogP contribution is -2.32. The Morgan fingerprint density at radius 2 is 1.81 bits per heavy atom. The van der Waals surface area contributed by atoms with Gasteiger partial charge in [0.05, 0.1) is 9.83 Å². The van der Waals surface area contributed by atoms with Crippen LogP contribution in [0.3, 0.4) is 0 Å². The Kier molecular flexibility index (Phi) is 5.51. The van der Waals surface area contributed by atoms with Gasteiger partial charge in [-0.1, -0.05) is 28.1 Å². The van der Waals surface area contributed by atoms with Gasteiger partial charge in [0.1, 0.15) is 0 Å². The quantitative estimate of drug-likeness (QED) is 0.763. The molecular weight excluding hydrogens is 412 g/mol. The van der Waals surface area contributed by atoms with E-state index in [9.17, 15) is 0 Å². The first-order valence-corrected chi connectivity index (χ1v) is 9.60. The first-order chi connectivity index (χ1) is 10.2. The van der Waals surface area contributed by atoms with E-state index in [4.69, 9.17) is 0 Å². The number of benzene rings is 1. The number of nitrogens with zero attached hydrogens (tertiary/aromatic N) is 1. The van der Waals surface area contributed by atoms with Gasteiger partial charge in [0.2, 0.25) is 0 Å². The van der Waals surface area contributed by atoms with Crippen molar-refractivity contribution in [2.75, 3.05) is 26.2 Å².